The first-order chi connectivity index (χ1) is 19.0. The Kier molecular flexibility index (Phi) is 6.54. The molecule has 5 aromatic rings. The van der Waals surface area contributed by atoms with Crippen LogP contribution in [0.5, 0.6) is 0 Å². The highest BCUT2D eigenvalue weighted by atomic mass is 16.5. The summed E-state index contributed by atoms with van der Waals surface area (Å²) in [6.07, 6.45) is 3.42. The van der Waals surface area contributed by atoms with Gasteiger partial charge < -0.3 is 24.0 Å². The van der Waals surface area contributed by atoms with E-state index in [4.69, 9.17) is 14.2 Å². The lowest BCUT2D eigenvalue weighted by molar-refractivity contribution is 0.0930. The number of anilines is 1. The standard InChI is InChI=1S/C29H29N7O3/c1-18-26(19(2)39-34-18)21-9-10-24-23(13-21)28(36-11-12-38-16-25(36)20-7-5-4-6-8-20)33-27(32-24)29(37)31-15-22-14-30-17-35(22)3/h4-10,13-14,17,25H,11-12,15-16H2,1-3H3,(H,31,37)/t25-/m1/s1. The largest absolute Gasteiger partial charge is 0.377 e. The van der Waals surface area contributed by atoms with Gasteiger partial charge in [-0.3, -0.25) is 4.79 Å². The lowest BCUT2D eigenvalue weighted by atomic mass is 10.0. The Morgan fingerprint density at radius 3 is 2.72 bits per heavy atom. The lowest BCUT2D eigenvalue weighted by Crippen LogP contribution is -2.40. The van der Waals surface area contributed by atoms with E-state index in [0.717, 1.165) is 39.2 Å². The van der Waals surface area contributed by atoms with Gasteiger partial charge in [0.15, 0.2) is 0 Å². The van der Waals surface area contributed by atoms with E-state index in [9.17, 15) is 4.79 Å². The predicted molar refractivity (Wildman–Crippen MR) is 146 cm³/mol. The van der Waals surface area contributed by atoms with Crippen LogP contribution in [0.4, 0.5) is 5.82 Å². The van der Waals surface area contributed by atoms with Gasteiger partial charge >= 0.3 is 0 Å². The van der Waals surface area contributed by atoms with Gasteiger partial charge in [-0.05, 0) is 37.1 Å². The molecule has 0 spiro atoms. The number of hydrogen-bond donors (Lipinski definition) is 1. The summed E-state index contributed by atoms with van der Waals surface area (Å²) in [5.41, 5.74) is 5.40. The van der Waals surface area contributed by atoms with Gasteiger partial charge in [-0.15, -0.1) is 0 Å². The molecule has 1 saturated heterocycles. The van der Waals surface area contributed by atoms with Gasteiger partial charge in [0.05, 0.1) is 49.0 Å². The van der Waals surface area contributed by atoms with Crippen LogP contribution in [0.3, 0.4) is 0 Å². The normalized spacial score (nSPS) is 15.6. The highest BCUT2D eigenvalue weighted by molar-refractivity contribution is 5.98. The summed E-state index contributed by atoms with van der Waals surface area (Å²) in [5, 5.41) is 7.92. The van der Waals surface area contributed by atoms with Gasteiger partial charge in [0.1, 0.15) is 11.6 Å². The third-order valence-electron chi connectivity index (χ3n) is 7.13. The maximum atomic E-state index is 13.3. The second kappa shape index (κ2) is 10.3. The summed E-state index contributed by atoms with van der Waals surface area (Å²) >= 11 is 0. The molecule has 3 aromatic heterocycles. The Hall–Kier alpha value is -4.57. The lowest BCUT2D eigenvalue weighted by Gasteiger charge is -2.37. The molecule has 198 valence electrons. The number of aryl methyl sites for hydroxylation is 3. The molecule has 1 amide bonds. The molecule has 39 heavy (non-hydrogen) atoms. The first kappa shape index (κ1) is 24.7. The summed E-state index contributed by atoms with van der Waals surface area (Å²) in [6, 6.07) is 16.1. The van der Waals surface area contributed by atoms with Crippen LogP contribution in [-0.2, 0) is 18.3 Å². The van der Waals surface area contributed by atoms with E-state index in [1.807, 2.05) is 55.8 Å². The number of ether oxygens (including phenoxy) is 1. The third kappa shape index (κ3) is 4.74. The van der Waals surface area contributed by atoms with Crippen molar-refractivity contribution in [2.45, 2.75) is 26.4 Å². The minimum absolute atomic E-state index is 0.0638. The van der Waals surface area contributed by atoms with E-state index in [-0.39, 0.29) is 17.8 Å². The minimum Gasteiger partial charge on any atom is -0.377 e. The van der Waals surface area contributed by atoms with Crippen molar-refractivity contribution in [3.8, 4) is 11.1 Å². The number of aromatic nitrogens is 5. The van der Waals surface area contributed by atoms with Crippen LogP contribution in [0, 0.1) is 13.8 Å². The number of carbonyl (C=O) groups excluding carboxylic acids is 1. The number of carbonyl (C=O) groups is 1. The van der Waals surface area contributed by atoms with Crippen molar-refractivity contribution >= 4 is 22.6 Å². The van der Waals surface area contributed by atoms with Crippen molar-refractivity contribution < 1.29 is 14.1 Å². The highest BCUT2D eigenvalue weighted by Gasteiger charge is 2.29. The van der Waals surface area contributed by atoms with Gasteiger partial charge in [0.2, 0.25) is 5.82 Å². The number of nitrogens with one attached hydrogen (secondary N) is 1. The van der Waals surface area contributed by atoms with Crippen molar-refractivity contribution in [2.75, 3.05) is 24.7 Å². The quantitative estimate of drug-likeness (QED) is 0.354. The molecule has 0 unspecified atom stereocenters. The first-order valence-corrected chi connectivity index (χ1v) is 12.9. The van der Waals surface area contributed by atoms with E-state index in [1.165, 1.54) is 0 Å². The Labute approximate surface area is 225 Å². The Bertz CT molecular complexity index is 1620. The number of hydrogen-bond acceptors (Lipinski definition) is 8. The molecule has 2 aromatic carbocycles. The zero-order valence-corrected chi connectivity index (χ0v) is 22.1. The molecule has 1 fully saturated rings. The molecule has 1 N–H and O–H groups in total. The summed E-state index contributed by atoms with van der Waals surface area (Å²) in [7, 11) is 1.89. The maximum Gasteiger partial charge on any atom is 0.289 e. The number of rotatable bonds is 6. The molecular formula is C29H29N7O3. The van der Waals surface area contributed by atoms with E-state index >= 15 is 0 Å². The van der Waals surface area contributed by atoms with Crippen LogP contribution in [0.15, 0.2) is 65.6 Å². The second-order valence-corrected chi connectivity index (χ2v) is 9.68. The van der Waals surface area contributed by atoms with Crippen LogP contribution in [0.25, 0.3) is 22.0 Å². The van der Waals surface area contributed by atoms with Crippen molar-refractivity contribution in [1.29, 1.82) is 0 Å². The molecule has 0 radical (unpaired) electrons. The van der Waals surface area contributed by atoms with Crippen LogP contribution in [-0.4, -0.2) is 50.3 Å². The van der Waals surface area contributed by atoms with Crippen molar-refractivity contribution in [1.82, 2.24) is 30.0 Å². The van der Waals surface area contributed by atoms with E-state index in [1.54, 1.807) is 12.5 Å². The number of nitrogens with zero attached hydrogens (tertiary/aromatic N) is 6. The number of fused-ring (bicyclic) bond motifs is 1. The Balaban J connectivity index is 1.46. The molecule has 1 aliphatic rings. The number of benzene rings is 2. The van der Waals surface area contributed by atoms with E-state index in [2.05, 4.69) is 43.5 Å². The minimum atomic E-state index is -0.348. The fourth-order valence-electron chi connectivity index (χ4n) is 5.10. The summed E-state index contributed by atoms with van der Waals surface area (Å²) in [4.78, 5) is 29.2. The molecule has 4 heterocycles. The van der Waals surface area contributed by atoms with Gasteiger partial charge in [-0.2, -0.15) is 0 Å². The van der Waals surface area contributed by atoms with Crippen LogP contribution >= 0.6 is 0 Å². The molecule has 0 saturated carbocycles. The molecule has 1 atom stereocenters. The average Bonchev–Trinajstić information content (AvgIpc) is 3.54. The fourth-order valence-corrected chi connectivity index (χ4v) is 5.10. The average molecular weight is 524 g/mol. The van der Waals surface area contributed by atoms with Gasteiger partial charge in [-0.25, -0.2) is 15.0 Å². The smallest absolute Gasteiger partial charge is 0.289 e. The number of morpholine rings is 1. The number of amides is 1. The second-order valence-electron chi connectivity index (χ2n) is 9.68. The molecule has 0 bridgehead atoms. The van der Waals surface area contributed by atoms with Crippen molar-refractivity contribution in [3.05, 3.63) is 89.6 Å². The van der Waals surface area contributed by atoms with Crippen molar-refractivity contribution in [3.63, 3.8) is 0 Å². The van der Waals surface area contributed by atoms with E-state index in [0.29, 0.717) is 37.6 Å². The summed E-state index contributed by atoms with van der Waals surface area (Å²) in [6.45, 7) is 5.84. The molecular weight excluding hydrogens is 494 g/mol. The molecule has 10 heteroatoms. The monoisotopic (exact) mass is 523 g/mol. The third-order valence-corrected chi connectivity index (χ3v) is 7.13. The van der Waals surface area contributed by atoms with Gasteiger partial charge in [0.25, 0.3) is 5.91 Å². The van der Waals surface area contributed by atoms with Crippen LogP contribution < -0.4 is 10.2 Å². The summed E-state index contributed by atoms with van der Waals surface area (Å²) < 4.78 is 13.2. The van der Waals surface area contributed by atoms with Crippen LogP contribution in [0.1, 0.15) is 39.4 Å². The summed E-state index contributed by atoms with van der Waals surface area (Å²) in [5.74, 6) is 1.20. The highest BCUT2D eigenvalue weighted by Crippen LogP contribution is 2.36. The zero-order chi connectivity index (χ0) is 26.9. The van der Waals surface area contributed by atoms with Crippen molar-refractivity contribution in [2.24, 2.45) is 7.05 Å². The molecule has 0 aliphatic carbocycles. The Morgan fingerprint density at radius 1 is 1.13 bits per heavy atom. The van der Waals surface area contributed by atoms with Gasteiger partial charge in [-0.1, -0.05) is 41.6 Å². The first-order valence-electron chi connectivity index (χ1n) is 12.9. The molecule has 1 aliphatic heterocycles. The molecule has 10 nitrogen and oxygen atoms in total. The fraction of sp³-hybridized carbons (Fsp3) is 0.276. The van der Waals surface area contributed by atoms with Crippen LogP contribution in [0.2, 0.25) is 0 Å². The van der Waals surface area contributed by atoms with Gasteiger partial charge in [0, 0.05) is 30.7 Å². The van der Waals surface area contributed by atoms with E-state index < -0.39 is 0 Å². The Morgan fingerprint density at radius 2 is 1.97 bits per heavy atom. The molecule has 6 rings (SSSR count). The SMILES string of the molecule is Cc1noc(C)c1-c1ccc2nc(C(=O)NCc3cncn3C)nc(N3CCOC[C@@H]3c3ccccc3)c2c1. The maximum absolute atomic E-state index is 13.3. The number of imidazole rings is 1. The predicted octanol–water partition coefficient (Wildman–Crippen LogP) is 4.14. The topological polar surface area (TPSA) is 111 Å². The zero-order valence-electron chi connectivity index (χ0n) is 22.1.